The number of nitrogens with zero attached hydrogens (tertiary/aromatic N) is 3. The molecule has 0 spiro atoms. The number of hydrogen-bond acceptors (Lipinski definition) is 4. The van der Waals surface area contributed by atoms with Crippen molar-refractivity contribution < 1.29 is 0 Å². The average Bonchev–Trinajstić information content (AvgIpc) is 2.54. The average molecular weight is 280 g/mol. The standard InChI is InChI=1S/C17H20N4/c1-21(12-14-6-4-5-9-19-14)17-13(10-18)11-20-16-8-3-2-7-15(16)17/h2-3,7-8,11,14,19H,4-6,9,12H2,1H3. The summed E-state index contributed by atoms with van der Waals surface area (Å²) in [4.78, 5) is 6.58. The van der Waals surface area contributed by atoms with Crippen molar-refractivity contribution in [3.05, 3.63) is 36.0 Å². The van der Waals surface area contributed by atoms with Gasteiger partial charge >= 0.3 is 0 Å². The minimum absolute atomic E-state index is 0.502. The van der Waals surface area contributed by atoms with Gasteiger partial charge < -0.3 is 10.2 Å². The van der Waals surface area contributed by atoms with Crippen molar-refractivity contribution in [1.82, 2.24) is 10.3 Å². The van der Waals surface area contributed by atoms with Crippen molar-refractivity contribution in [2.24, 2.45) is 0 Å². The zero-order valence-corrected chi connectivity index (χ0v) is 12.3. The molecule has 4 heteroatoms. The van der Waals surface area contributed by atoms with E-state index < -0.39 is 0 Å². The van der Waals surface area contributed by atoms with E-state index in [1.165, 1.54) is 19.3 Å². The molecule has 0 aliphatic carbocycles. The topological polar surface area (TPSA) is 52.0 Å². The quantitative estimate of drug-likeness (QED) is 0.939. The molecule has 0 saturated carbocycles. The molecule has 1 aliphatic rings. The molecule has 108 valence electrons. The zero-order valence-electron chi connectivity index (χ0n) is 12.3. The fourth-order valence-corrected chi connectivity index (χ4v) is 3.12. The van der Waals surface area contributed by atoms with Crippen LogP contribution in [0.4, 0.5) is 5.69 Å². The van der Waals surface area contributed by atoms with Crippen molar-refractivity contribution in [1.29, 1.82) is 5.26 Å². The highest BCUT2D eigenvalue weighted by Gasteiger charge is 2.18. The van der Waals surface area contributed by atoms with Crippen molar-refractivity contribution in [2.45, 2.75) is 25.3 Å². The van der Waals surface area contributed by atoms with Crippen LogP contribution in [-0.4, -0.2) is 31.2 Å². The van der Waals surface area contributed by atoms with Crippen LogP contribution in [0, 0.1) is 11.3 Å². The fourth-order valence-electron chi connectivity index (χ4n) is 3.12. The molecule has 0 amide bonds. The third-order valence-corrected chi connectivity index (χ3v) is 4.16. The molecule has 1 atom stereocenters. The number of benzene rings is 1. The number of piperidine rings is 1. The first kappa shape index (κ1) is 13.8. The van der Waals surface area contributed by atoms with E-state index in [4.69, 9.17) is 0 Å². The molecular formula is C17H20N4. The lowest BCUT2D eigenvalue weighted by atomic mass is 10.0. The number of nitriles is 1. The Morgan fingerprint density at radius 1 is 1.38 bits per heavy atom. The molecule has 4 nitrogen and oxygen atoms in total. The number of anilines is 1. The Labute approximate surface area is 125 Å². The predicted molar refractivity (Wildman–Crippen MR) is 85.4 cm³/mol. The van der Waals surface area contributed by atoms with Gasteiger partial charge in [-0.1, -0.05) is 24.6 Å². The van der Waals surface area contributed by atoms with Crippen LogP contribution < -0.4 is 10.2 Å². The molecule has 0 radical (unpaired) electrons. The van der Waals surface area contributed by atoms with E-state index in [0.717, 1.165) is 29.7 Å². The molecule has 1 unspecified atom stereocenters. The summed E-state index contributed by atoms with van der Waals surface area (Å²) in [5, 5.41) is 14.0. The maximum atomic E-state index is 9.40. The first-order valence-corrected chi connectivity index (χ1v) is 7.52. The van der Waals surface area contributed by atoms with E-state index in [1.54, 1.807) is 6.20 Å². The summed E-state index contributed by atoms with van der Waals surface area (Å²) < 4.78 is 0. The number of rotatable bonds is 3. The summed E-state index contributed by atoms with van der Waals surface area (Å²) in [7, 11) is 2.07. The highest BCUT2D eigenvalue weighted by Crippen LogP contribution is 2.28. The summed E-state index contributed by atoms with van der Waals surface area (Å²) in [6.45, 7) is 2.02. The van der Waals surface area contributed by atoms with Crippen molar-refractivity contribution in [3.8, 4) is 6.07 Å². The minimum atomic E-state index is 0.502. The second-order valence-corrected chi connectivity index (χ2v) is 5.68. The second kappa shape index (κ2) is 6.11. The van der Waals surface area contributed by atoms with Crippen molar-refractivity contribution >= 4 is 16.6 Å². The van der Waals surface area contributed by atoms with Gasteiger partial charge in [0.25, 0.3) is 0 Å². The van der Waals surface area contributed by atoms with Gasteiger partial charge in [0.05, 0.1) is 16.8 Å². The normalized spacial score (nSPS) is 18.4. The summed E-state index contributed by atoms with van der Waals surface area (Å²) in [5.74, 6) is 0. The molecule has 1 aliphatic heterocycles. The molecule has 1 aromatic heterocycles. The molecule has 2 heterocycles. The first-order chi connectivity index (χ1) is 10.3. The highest BCUT2D eigenvalue weighted by atomic mass is 15.1. The molecule has 2 aromatic rings. The maximum absolute atomic E-state index is 9.40. The van der Waals surface area contributed by atoms with Crippen LogP contribution in [0.3, 0.4) is 0 Å². The highest BCUT2D eigenvalue weighted by molar-refractivity contribution is 5.94. The molecule has 21 heavy (non-hydrogen) atoms. The molecule has 1 aromatic carbocycles. The van der Waals surface area contributed by atoms with Crippen molar-refractivity contribution in [3.63, 3.8) is 0 Å². The Morgan fingerprint density at radius 3 is 3.00 bits per heavy atom. The van der Waals surface area contributed by atoms with Gasteiger partial charge in [-0.25, -0.2) is 0 Å². The monoisotopic (exact) mass is 280 g/mol. The van der Waals surface area contributed by atoms with Crippen LogP contribution in [0.1, 0.15) is 24.8 Å². The number of pyridine rings is 1. The van der Waals surface area contributed by atoms with Crippen LogP contribution in [-0.2, 0) is 0 Å². The van der Waals surface area contributed by atoms with Crippen LogP contribution in [0.5, 0.6) is 0 Å². The first-order valence-electron chi connectivity index (χ1n) is 7.52. The minimum Gasteiger partial charge on any atom is -0.371 e. The fraction of sp³-hybridized carbons (Fsp3) is 0.412. The van der Waals surface area contributed by atoms with E-state index in [2.05, 4.69) is 28.3 Å². The Hall–Kier alpha value is -2.12. The SMILES string of the molecule is CN(CC1CCCCN1)c1c(C#N)cnc2ccccc12. The number of fused-ring (bicyclic) bond motifs is 1. The number of aromatic nitrogens is 1. The lowest BCUT2D eigenvalue weighted by Crippen LogP contribution is -2.42. The number of likely N-dealkylation sites (N-methyl/N-ethyl adjacent to an activating group) is 1. The molecule has 0 bridgehead atoms. The van der Waals surface area contributed by atoms with Gasteiger partial charge in [-0.05, 0) is 25.5 Å². The third-order valence-electron chi connectivity index (χ3n) is 4.16. The molecule has 1 fully saturated rings. The molecule has 1 saturated heterocycles. The maximum Gasteiger partial charge on any atom is 0.103 e. The summed E-state index contributed by atoms with van der Waals surface area (Å²) in [5.41, 5.74) is 2.58. The van der Waals surface area contributed by atoms with Crippen LogP contribution >= 0.6 is 0 Å². The van der Waals surface area contributed by atoms with Gasteiger partial charge in [0.2, 0.25) is 0 Å². The summed E-state index contributed by atoms with van der Waals surface area (Å²) >= 11 is 0. The van der Waals surface area contributed by atoms with Gasteiger partial charge in [-0.2, -0.15) is 5.26 Å². The smallest absolute Gasteiger partial charge is 0.103 e. The van der Waals surface area contributed by atoms with E-state index in [0.29, 0.717) is 11.6 Å². The van der Waals surface area contributed by atoms with Gasteiger partial charge in [0.1, 0.15) is 6.07 Å². The summed E-state index contributed by atoms with van der Waals surface area (Å²) in [6, 6.07) is 10.8. The van der Waals surface area contributed by atoms with Crippen molar-refractivity contribution in [2.75, 3.05) is 25.0 Å². The Morgan fingerprint density at radius 2 is 2.24 bits per heavy atom. The number of nitrogens with one attached hydrogen (secondary N) is 1. The lowest BCUT2D eigenvalue weighted by Gasteiger charge is -2.30. The summed E-state index contributed by atoms with van der Waals surface area (Å²) in [6.07, 6.45) is 5.44. The van der Waals surface area contributed by atoms with Gasteiger partial charge in [0, 0.05) is 31.2 Å². The zero-order chi connectivity index (χ0) is 14.7. The Kier molecular flexibility index (Phi) is 4.03. The van der Waals surface area contributed by atoms with Gasteiger partial charge in [-0.15, -0.1) is 0 Å². The number of hydrogen-bond donors (Lipinski definition) is 1. The van der Waals surface area contributed by atoms with Crippen LogP contribution in [0.2, 0.25) is 0 Å². The molecular weight excluding hydrogens is 260 g/mol. The third kappa shape index (κ3) is 2.84. The molecule has 3 rings (SSSR count). The van der Waals surface area contributed by atoms with E-state index in [1.807, 2.05) is 24.3 Å². The lowest BCUT2D eigenvalue weighted by molar-refractivity contribution is 0.403. The molecule has 1 N–H and O–H groups in total. The van der Waals surface area contributed by atoms with E-state index >= 15 is 0 Å². The van der Waals surface area contributed by atoms with Crippen LogP contribution in [0.25, 0.3) is 10.9 Å². The Balaban J connectivity index is 1.95. The Bertz CT molecular complexity index is 668. The predicted octanol–water partition coefficient (Wildman–Crippen LogP) is 2.68. The number of para-hydroxylation sites is 1. The van der Waals surface area contributed by atoms with Gasteiger partial charge in [-0.3, -0.25) is 4.98 Å². The largest absolute Gasteiger partial charge is 0.371 e. The van der Waals surface area contributed by atoms with Crippen LogP contribution in [0.15, 0.2) is 30.5 Å². The van der Waals surface area contributed by atoms with E-state index in [-0.39, 0.29) is 0 Å². The van der Waals surface area contributed by atoms with E-state index in [9.17, 15) is 5.26 Å². The van der Waals surface area contributed by atoms with Gasteiger partial charge in [0.15, 0.2) is 0 Å². The second-order valence-electron chi connectivity index (χ2n) is 5.68.